The van der Waals surface area contributed by atoms with Gasteiger partial charge in [-0.15, -0.1) is 0 Å². The molecule has 9 heteroatoms. The summed E-state index contributed by atoms with van der Waals surface area (Å²) >= 11 is 0. The number of benzene rings is 2. The standard InChI is InChI=1S/C23H18N2O7/c1-29-10-11-30-20(26)17-19(24)32-18-12-6-2-5-9-15(12)31-21(27)16(18)23(17)13-7-3-4-8-14(13)25-22(23)28/h2-9H,10-11,24H2,1H3,(H,25,28)/t23-/m1/s1. The summed E-state index contributed by atoms with van der Waals surface area (Å²) in [6.45, 7) is 0.0591. The molecule has 0 unspecified atom stereocenters. The Balaban J connectivity index is 1.86. The number of nitrogens with one attached hydrogen (secondary N) is 1. The van der Waals surface area contributed by atoms with Gasteiger partial charge < -0.3 is 29.7 Å². The van der Waals surface area contributed by atoms with Gasteiger partial charge in [0.15, 0.2) is 5.75 Å². The topological polar surface area (TPSA) is 130 Å². The van der Waals surface area contributed by atoms with E-state index in [1.807, 2.05) is 0 Å². The van der Waals surface area contributed by atoms with E-state index in [2.05, 4.69) is 5.32 Å². The minimum Gasteiger partial charge on any atom is -0.460 e. The van der Waals surface area contributed by atoms with Crippen molar-refractivity contribution in [3.63, 3.8) is 0 Å². The third kappa shape index (κ3) is 2.58. The fourth-order valence-electron chi connectivity index (χ4n) is 4.32. The molecule has 3 aromatic rings. The van der Waals surface area contributed by atoms with E-state index in [-0.39, 0.29) is 41.6 Å². The lowest BCUT2D eigenvalue weighted by atomic mass is 9.68. The van der Waals surface area contributed by atoms with Gasteiger partial charge in [-0.25, -0.2) is 9.59 Å². The van der Waals surface area contributed by atoms with Crippen molar-refractivity contribution in [3.05, 3.63) is 81.5 Å². The molecule has 1 aromatic heterocycles. The summed E-state index contributed by atoms with van der Waals surface area (Å²) in [6, 6.07) is 13.5. The zero-order chi connectivity index (χ0) is 22.5. The number of amides is 1. The van der Waals surface area contributed by atoms with Crippen LogP contribution in [-0.4, -0.2) is 32.2 Å². The molecule has 3 N–H and O–H groups in total. The SMILES string of the molecule is COCCOC(=O)C1=C(N)Oc2c(c(=O)oc3ccccc23)[C@@]12C(=O)Nc1ccccc12. The molecule has 0 fully saturated rings. The number of methoxy groups -OCH3 is 1. The first-order valence-corrected chi connectivity index (χ1v) is 9.81. The molecule has 9 nitrogen and oxygen atoms in total. The van der Waals surface area contributed by atoms with Gasteiger partial charge in [0.2, 0.25) is 11.8 Å². The Morgan fingerprint density at radius 2 is 1.84 bits per heavy atom. The first-order chi connectivity index (χ1) is 15.5. The van der Waals surface area contributed by atoms with Crippen LogP contribution in [0.5, 0.6) is 5.75 Å². The van der Waals surface area contributed by atoms with Crippen LogP contribution in [0.3, 0.4) is 0 Å². The molecule has 0 bridgehead atoms. The summed E-state index contributed by atoms with van der Waals surface area (Å²) in [4.78, 5) is 40.0. The average Bonchev–Trinajstić information content (AvgIpc) is 3.06. The molecule has 1 spiro atoms. The second kappa shape index (κ2) is 7.24. The van der Waals surface area contributed by atoms with Gasteiger partial charge in [0.05, 0.1) is 12.0 Å². The van der Waals surface area contributed by atoms with Crippen LogP contribution >= 0.6 is 0 Å². The van der Waals surface area contributed by atoms with Crippen molar-refractivity contribution in [3.8, 4) is 5.75 Å². The van der Waals surface area contributed by atoms with Crippen molar-refractivity contribution in [2.75, 3.05) is 25.6 Å². The lowest BCUT2D eigenvalue weighted by Gasteiger charge is -2.34. The number of para-hydroxylation sites is 2. The average molecular weight is 434 g/mol. The Morgan fingerprint density at radius 1 is 1.09 bits per heavy atom. The third-order valence-electron chi connectivity index (χ3n) is 5.62. The zero-order valence-corrected chi connectivity index (χ0v) is 17.0. The predicted molar refractivity (Wildman–Crippen MR) is 113 cm³/mol. The van der Waals surface area contributed by atoms with E-state index in [4.69, 9.17) is 24.4 Å². The van der Waals surface area contributed by atoms with Crippen LogP contribution < -0.4 is 21.4 Å². The Labute approximate surface area is 181 Å². The molecular formula is C23H18N2O7. The van der Waals surface area contributed by atoms with Crippen LogP contribution in [0, 0.1) is 0 Å². The number of hydrogen-bond acceptors (Lipinski definition) is 8. The minimum atomic E-state index is -1.90. The van der Waals surface area contributed by atoms with E-state index in [9.17, 15) is 14.4 Å². The maximum absolute atomic E-state index is 13.6. The molecule has 0 radical (unpaired) electrons. The second-order valence-electron chi connectivity index (χ2n) is 7.31. The summed E-state index contributed by atoms with van der Waals surface area (Å²) < 4.78 is 21.5. The van der Waals surface area contributed by atoms with Gasteiger partial charge in [-0.05, 0) is 18.2 Å². The highest BCUT2D eigenvalue weighted by Crippen LogP contribution is 2.53. The molecule has 162 valence electrons. The van der Waals surface area contributed by atoms with Gasteiger partial charge in [0.1, 0.15) is 28.7 Å². The van der Waals surface area contributed by atoms with Crippen molar-refractivity contribution in [1.82, 2.24) is 0 Å². The van der Waals surface area contributed by atoms with Crippen LogP contribution in [0.4, 0.5) is 5.69 Å². The van der Waals surface area contributed by atoms with Gasteiger partial charge in [0, 0.05) is 18.4 Å². The normalized spacial score (nSPS) is 18.8. The third-order valence-corrected chi connectivity index (χ3v) is 5.62. The van der Waals surface area contributed by atoms with Gasteiger partial charge in [0.25, 0.3) is 0 Å². The Bertz CT molecular complexity index is 1370. The lowest BCUT2D eigenvalue weighted by molar-refractivity contribution is -0.142. The fraction of sp³-hybridized carbons (Fsp3) is 0.174. The van der Waals surface area contributed by atoms with Crippen molar-refractivity contribution < 1.29 is 28.2 Å². The van der Waals surface area contributed by atoms with E-state index in [0.29, 0.717) is 16.6 Å². The molecule has 1 atom stereocenters. The molecule has 2 aromatic carbocycles. The summed E-state index contributed by atoms with van der Waals surface area (Å²) in [5.41, 5.74) is 4.16. The van der Waals surface area contributed by atoms with E-state index in [1.54, 1.807) is 48.5 Å². The number of anilines is 1. The number of ether oxygens (including phenoxy) is 3. The number of carbonyl (C=O) groups is 2. The van der Waals surface area contributed by atoms with Crippen LogP contribution in [-0.2, 0) is 24.5 Å². The molecular weight excluding hydrogens is 416 g/mol. The summed E-state index contributed by atoms with van der Waals surface area (Å²) in [5.74, 6) is -1.80. The molecule has 5 rings (SSSR count). The molecule has 2 aliphatic rings. The van der Waals surface area contributed by atoms with E-state index < -0.39 is 22.9 Å². The number of esters is 1. The van der Waals surface area contributed by atoms with Crippen LogP contribution in [0.15, 0.2) is 69.2 Å². The largest absolute Gasteiger partial charge is 0.460 e. The molecule has 32 heavy (non-hydrogen) atoms. The molecule has 1 amide bonds. The molecule has 0 aliphatic carbocycles. The van der Waals surface area contributed by atoms with Crippen LogP contribution in [0.1, 0.15) is 11.1 Å². The summed E-state index contributed by atoms with van der Waals surface area (Å²) in [5, 5.41) is 3.19. The van der Waals surface area contributed by atoms with Crippen LogP contribution in [0.2, 0.25) is 0 Å². The Hall–Kier alpha value is -4.11. The monoisotopic (exact) mass is 434 g/mol. The summed E-state index contributed by atoms with van der Waals surface area (Å²) in [7, 11) is 1.46. The summed E-state index contributed by atoms with van der Waals surface area (Å²) in [6.07, 6.45) is 0. The van der Waals surface area contributed by atoms with Gasteiger partial charge >= 0.3 is 11.6 Å². The molecule has 2 aliphatic heterocycles. The highest BCUT2D eigenvalue weighted by molar-refractivity contribution is 6.18. The number of hydrogen-bond donors (Lipinski definition) is 2. The predicted octanol–water partition coefficient (Wildman–Crippen LogP) is 1.78. The fourth-order valence-corrected chi connectivity index (χ4v) is 4.32. The zero-order valence-electron chi connectivity index (χ0n) is 17.0. The van der Waals surface area contributed by atoms with Gasteiger partial charge in [-0.1, -0.05) is 30.3 Å². The molecule has 0 saturated carbocycles. The number of fused-ring (bicyclic) bond motifs is 6. The molecule has 0 saturated heterocycles. The maximum Gasteiger partial charge on any atom is 0.345 e. The van der Waals surface area contributed by atoms with E-state index >= 15 is 0 Å². The molecule has 3 heterocycles. The quantitative estimate of drug-likeness (QED) is 0.361. The minimum absolute atomic E-state index is 0.0645. The van der Waals surface area contributed by atoms with Crippen molar-refractivity contribution in [2.24, 2.45) is 5.73 Å². The Morgan fingerprint density at radius 3 is 2.66 bits per heavy atom. The maximum atomic E-state index is 13.6. The highest BCUT2D eigenvalue weighted by Gasteiger charge is 2.60. The van der Waals surface area contributed by atoms with E-state index in [0.717, 1.165) is 0 Å². The number of nitrogens with two attached hydrogens (primary N) is 1. The highest BCUT2D eigenvalue weighted by atomic mass is 16.6. The second-order valence-corrected chi connectivity index (χ2v) is 7.31. The van der Waals surface area contributed by atoms with Crippen LogP contribution in [0.25, 0.3) is 11.0 Å². The Kier molecular flexibility index (Phi) is 4.49. The van der Waals surface area contributed by atoms with Crippen molar-refractivity contribution in [1.29, 1.82) is 0 Å². The van der Waals surface area contributed by atoms with Crippen molar-refractivity contribution in [2.45, 2.75) is 5.41 Å². The lowest BCUT2D eigenvalue weighted by Crippen LogP contribution is -2.48. The smallest absolute Gasteiger partial charge is 0.345 e. The number of carbonyl (C=O) groups excluding carboxylic acids is 2. The van der Waals surface area contributed by atoms with E-state index in [1.165, 1.54) is 7.11 Å². The van der Waals surface area contributed by atoms with Gasteiger partial charge in [-0.3, -0.25) is 4.79 Å². The van der Waals surface area contributed by atoms with Crippen molar-refractivity contribution >= 4 is 28.5 Å². The first-order valence-electron chi connectivity index (χ1n) is 9.81. The van der Waals surface area contributed by atoms with Gasteiger partial charge in [-0.2, -0.15) is 0 Å². The number of rotatable bonds is 4. The first kappa shape index (κ1) is 19.8.